The van der Waals surface area contributed by atoms with Crippen LogP contribution in [0.5, 0.6) is 0 Å². The molecule has 2 fully saturated rings. The van der Waals surface area contributed by atoms with E-state index in [1.807, 2.05) is 0 Å². The molecule has 0 aromatic carbocycles. The van der Waals surface area contributed by atoms with Crippen molar-refractivity contribution < 1.29 is 0 Å². The van der Waals surface area contributed by atoms with E-state index < -0.39 is 0 Å². The van der Waals surface area contributed by atoms with Gasteiger partial charge in [0.05, 0.1) is 0 Å². The first-order valence-corrected chi connectivity index (χ1v) is 6.89. The molecule has 0 bridgehead atoms. The summed E-state index contributed by atoms with van der Waals surface area (Å²) in [5.41, 5.74) is 1.86. The molecule has 2 aliphatic rings. The maximum Gasteiger partial charge on any atom is 0.0337 e. The highest BCUT2D eigenvalue weighted by molar-refractivity contribution is 5.04. The van der Waals surface area contributed by atoms with Gasteiger partial charge in [-0.1, -0.05) is 38.3 Å². The van der Waals surface area contributed by atoms with Gasteiger partial charge >= 0.3 is 0 Å². The summed E-state index contributed by atoms with van der Waals surface area (Å²) in [4.78, 5) is 2.72. The fourth-order valence-corrected chi connectivity index (χ4v) is 3.22. The van der Waals surface area contributed by atoms with E-state index >= 15 is 0 Å². The predicted octanol–water partition coefficient (Wildman–Crippen LogP) is 2.56. The average Bonchev–Trinajstić information content (AvgIpc) is 2.33. The highest BCUT2D eigenvalue weighted by atomic mass is 15.3. The van der Waals surface area contributed by atoms with Crippen LogP contribution in [0.25, 0.3) is 0 Å². The van der Waals surface area contributed by atoms with Gasteiger partial charge in [-0.3, -0.25) is 4.90 Å². The van der Waals surface area contributed by atoms with Crippen LogP contribution in [0.15, 0.2) is 12.2 Å². The molecule has 1 spiro atoms. The minimum absolute atomic E-state index is 0.467. The lowest BCUT2D eigenvalue weighted by Crippen LogP contribution is -2.62. The minimum atomic E-state index is 0.467. The van der Waals surface area contributed by atoms with Gasteiger partial charge in [-0.25, -0.2) is 0 Å². The summed E-state index contributed by atoms with van der Waals surface area (Å²) in [6.45, 7) is 11.1. The van der Waals surface area contributed by atoms with Gasteiger partial charge in [-0.15, -0.1) is 0 Å². The van der Waals surface area contributed by atoms with Gasteiger partial charge in [0.15, 0.2) is 0 Å². The smallest absolute Gasteiger partial charge is 0.0337 e. The number of nitrogens with zero attached hydrogens (tertiary/aromatic N) is 1. The Labute approximate surface area is 100 Å². The van der Waals surface area contributed by atoms with Crippen molar-refractivity contribution in [3.05, 3.63) is 12.2 Å². The first-order chi connectivity index (χ1) is 7.77. The molecule has 0 aromatic rings. The van der Waals surface area contributed by atoms with Crippen molar-refractivity contribution in [2.75, 3.05) is 26.2 Å². The lowest BCUT2D eigenvalue weighted by molar-refractivity contribution is 0.0353. The van der Waals surface area contributed by atoms with Gasteiger partial charge in [-0.2, -0.15) is 0 Å². The van der Waals surface area contributed by atoms with Gasteiger partial charge < -0.3 is 5.32 Å². The van der Waals surface area contributed by atoms with Crippen molar-refractivity contribution in [2.45, 2.75) is 51.0 Å². The molecule has 1 heterocycles. The summed E-state index contributed by atoms with van der Waals surface area (Å²) in [6.07, 6.45) is 8.16. The zero-order valence-electron chi connectivity index (χ0n) is 10.7. The maximum absolute atomic E-state index is 4.18. The number of piperazine rings is 1. The van der Waals surface area contributed by atoms with Crippen LogP contribution in [0.1, 0.15) is 45.4 Å². The Balaban J connectivity index is 2.03. The van der Waals surface area contributed by atoms with Crippen LogP contribution in [-0.2, 0) is 0 Å². The maximum atomic E-state index is 4.18. The third-order valence-electron chi connectivity index (χ3n) is 4.38. The summed E-state index contributed by atoms with van der Waals surface area (Å²) >= 11 is 0. The zero-order chi connectivity index (χ0) is 11.4. The van der Waals surface area contributed by atoms with Crippen LogP contribution in [0, 0.1) is 0 Å². The normalized spacial score (nSPS) is 25.8. The van der Waals surface area contributed by atoms with E-state index in [1.54, 1.807) is 0 Å². The lowest BCUT2D eigenvalue weighted by atomic mass is 9.79. The molecule has 2 heteroatoms. The van der Waals surface area contributed by atoms with E-state index in [1.165, 1.54) is 50.8 Å². The largest absolute Gasteiger partial charge is 0.314 e. The lowest BCUT2D eigenvalue weighted by Gasteiger charge is -2.50. The van der Waals surface area contributed by atoms with Gasteiger partial charge in [0.2, 0.25) is 0 Å². The first kappa shape index (κ1) is 12.1. The number of hydrogen-bond donors (Lipinski definition) is 1. The molecule has 1 saturated carbocycles. The zero-order valence-corrected chi connectivity index (χ0v) is 10.7. The van der Waals surface area contributed by atoms with Crippen LogP contribution < -0.4 is 5.32 Å². The van der Waals surface area contributed by atoms with Crippen molar-refractivity contribution >= 4 is 0 Å². The highest BCUT2D eigenvalue weighted by Crippen LogP contribution is 2.34. The van der Waals surface area contributed by atoms with Crippen molar-refractivity contribution in [1.82, 2.24) is 10.2 Å². The summed E-state index contributed by atoms with van der Waals surface area (Å²) in [5.74, 6) is 0. The third kappa shape index (κ3) is 2.49. The molecule has 0 amide bonds. The predicted molar refractivity (Wildman–Crippen MR) is 69.7 cm³/mol. The van der Waals surface area contributed by atoms with Crippen molar-refractivity contribution in [2.24, 2.45) is 0 Å². The molecule has 0 radical (unpaired) electrons. The van der Waals surface area contributed by atoms with Crippen LogP contribution in [0.3, 0.4) is 0 Å². The Morgan fingerprint density at radius 1 is 1.31 bits per heavy atom. The second kappa shape index (κ2) is 5.33. The average molecular weight is 222 g/mol. The molecule has 1 N–H and O–H groups in total. The van der Waals surface area contributed by atoms with Crippen LogP contribution in [-0.4, -0.2) is 36.6 Å². The molecule has 1 aliphatic carbocycles. The van der Waals surface area contributed by atoms with Crippen LogP contribution in [0.4, 0.5) is 0 Å². The van der Waals surface area contributed by atoms with E-state index in [0.717, 1.165) is 19.5 Å². The molecule has 92 valence electrons. The van der Waals surface area contributed by atoms with E-state index in [9.17, 15) is 0 Å². The van der Waals surface area contributed by atoms with Crippen LogP contribution >= 0.6 is 0 Å². The summed E-state index contributed by atoms with van der Waals surface area (Å²) in [5, 5.41) is 3.60. The van der Waals surface area contributed by atoms with Crippen molar-refractivity contribution in [3.63, 3.8) is 0 Å². The first-order valence-electron chi connectivity index (χ1n) is 6.89. The second-order valence-corrected chi connectivity index (χ2v) is 5.49. The Bertz CT molecular complexity index is 233. The van der Waals surface area contributed by atoms with E-state index in [2.05, 4.69) is 23.7 Å². The number of rotatable bonds is 3. The van der Waals surface area contributed by atoms with E-state index in [4.69, 9.17) is 0 Å². The Morgan fingerprint density at radius 2 is 2.06 bits per heavy atom. The Morgan fingerprint density at radius 3 is 2.75 bits per heavy atom. The fourth-order valence-electron chi connectivity index (χ4n) is 3.22. The van der Waals surface area contributed by atoms with Crippen molar-refractivity contribution in [3.8, 4) is 0 Å². The van der Waals surface area contributed by atoms with Gasteiger partial charge in [0.25, 0.3) is 0 Å². The molecule has 0 unspecified atom stereocenters. The molecule has 2 rings (SSSR count). The number of nitrogens with one attached hydrogen (secondary N) is 1. The fraction of sp³-hybridized carbons (Fsp3) is 0.857. The van der Waals surface area contributed by atoms with Crippen molar-refractivity contribution in [1.29, 1.82) is 0 Å². The quantitative estimate of drug-likeness (QED) is 0.738. The molecule has 1 saturated heterocycles. The van der Waals surface area contributed by atoms with Gasteiger partial charge in [0.1, 0.15) is 0 Å². The SMILES string of the molecule is C=C(CC)CN1CCNCC12CCCCC2. The Hall–Kier alpha value is -0.340. The van der Waals surface area contributed by atoms with Crippen LogP contribution in [0.2, 0.25) is 0 Å². The van der Waals surface area contributed by atoms with E-state index in [0.29, 0.717) is 5.54 Å². The van der Waals surface area contributed by atoms with E-state index in [-0.39, 0.29) is 0 Å². The standard InChI is InChI=1S/C14H26N2/c1-3-13(2)11-16-10-9-15-12-14(16)7-5-4-6-8-14/h15H,2-12H2,1H3. The monoisotopic (exact) mass is 222 g/mol. The number of hydrogen-bond acceptors (Lipinski definition) is 2. The Kier molecular flexibility index (Phi) is 4.04. The molecule has 0 atom stereocenters. The molecule has 1 aliphatic heterocycles. The molecule has 0 aromatic heterocycles. The topological polar surface area (TPSA) is 15.3 Å². The molecule has 16 heavy (non-hydrogen) atoms. The third-order valence-corrected chi connectivity index (χ3v) is 4.38. The minimum Gasteiger partial charge on any atom is -0.314 e. The summed E-state index contributed by atoms with van der Waals surface area (Å²) < 4.78 is 0. The summed E-state index contributed by atoms with van der Waals surface area (Å²) in [7, 11) is 0. The molecular weight excluding hydrogens is 196 g/mol. The summed E-state index contributed by atoms with van der Waals surface area (Å²) in [6, 6.07) is 0. The van der Waals surface area contributed by atoms with Gasteiger partial charge in [0, 0.05) is 31.7 Å². The second-order valence-electron chi connectivity index (χ2n) is 5.49. The molecule has 2 nitrogen and oxygen atoms in total. The van der Waals surface area contributed by atoms with Gasteiger partial charge in [-0.05, 0) is 19.3 Å². The highest BCUT2D eigenvalue weighted by Gasteiger charge is 2.39. The molecular formula is C14H26N2.